The lowest BCUT2D eigenvalue weighted by atomic mass is 10.1. The van der Waals surface area contributed by atoms with Gasteiger partial charge in [0.05, 0.1) is 29.1 Å². The van der Waals surface area contributed by atoms with Gasteiger partial charge in [0.1, 0.15) is 5.75 Å². The first kappa shape index (κ1) is 17.6. The van der Waals surface area contributed by atoms with E-state index >= 15 is 0 Å². The number of carbonyl (C=O) groups is 1. The molecule has 0 fully saturated rings. The number of thiazole rings is 1. The number of hydrogen-bond acceptors (Lipinski definition) is 6. The predicted molar refractivity (Wildman–Crippen MR) is 104 cm³/mol. The SMILES string of the molecule is COc1ccc([C@H](C)NC(=O)CSc2nc3cc(N)ccc3s2)cc1. The van der Waals surface area contributed by atoms with Gasteiger partial charge < -0.3 is 15.8 Å². The standard InChI is InChI=1S/C18H19N3O2S2/c1-11(12-3-6-14(23-2)7-4-12)20-17(22)10-24-18-21-15-9-13(19)5-8-16(15)25-18/h3-9,11H,10,19H2,1-2H3,(H,20,22)/t11-/m0/s1. The second kappa shape index (κ2) is 7.76. The van der Waals surface area contributed by atoms with Crippen LogP contribution in [0.4, 0.5) is 5.69 Å². The van der Waals surface area contributed by atoms with E-state index in [2.05, 4.69) is 10.3 Å². The molecule has 1 atom stereocenters. The van der Waals surface area contributed by atoms with Gasteiger partial charge in [-0.05, 0) is 42.8 Å². The molecular formula is C18H19N3O2S2. The summed E-state index contributed by atoms with van der Waals surface area (Å²) in [5, 5.41) is 3.00. The van der Waals surface area contributed by atoms with E-state index < -0.39 is 0 Å². The molecule has 0 saturated heterocycles. The minimum atomic E-state index is -0.0610. The van der Waals surface area contributed by atoms with E-state index in [1.165, 1.54) is 11.8 Å². The number of thioether (sulfide) groups is 1. The number of amides is 1. The van der Waals surface area contributed by atoms with E-state index in [1.807, 2.05) is 49.4 Å². The van der Waals surface area contributed by atoms with E-state index in [0.29, 0.717) is 11.4 Å². The zero-order chi connectivity index (χ0) is 17.8. The van der Waals surface area contributed by atoms with Crippen molar-refractivity contribution in [1.82, 2.24) is 10.3 Å². The summed E-state index contributed by atoms with van der Waals surface area (Å²) in [6, 6.07) is 13.3. The number of nitrogens with two attached hydrogens (primary N) is 1. The molecule has 0 saturated carbocycles. The Bertz CT molecular complexity index is 878. The molecule has 2 aromatic carbocycles. The zero-order valence-electron chi connectivity index (χ0n) is 14.0. The molecule has 0 aliphatic carbocycles. The second-order valence-electron chi connectivity index (χ2n) is 5.56. The maximum atomic E-state index is 12.2. The zero-order valence-corrected chi connectivity index (χ0v) is 15.6. The van der Waals surface area contributed by atoms with Gasteiger partial charge in [-0.25, -0.2) is 4.98 Å². The molecule has 0 spiro atoms. The number of nitrogens with one attached hydrogen (secondary N) is 1. The van der Waals surface area contributed by atoms with Crippen molar-refractivity contribution in [2.75, 3.05) is 18.6 Å². The molecule has 0 unspecified atom stereocenters. The number of nitrogen functional groups attached to an aromatic ring is 1. The van der Waals surface area contributed by atoms with Gasteiger partial charge in [-0.15, -0.1) is 11.3 Å². The van der Waals surface area contributed by atoms with Crippen LogP contribution in [0.25, 0.3) is 10.2 Å². The highest BCUT2D eigenvalue weighted by molar-refractivity contribution is 8.01. The van der Waals surface area contributed by atoms with E-state index in [9.17, 15) is 4.79 Å². The monoisotopic (exact) mass is 373 g/mol. The lowest BCUT2D eigenvalue weighted by molar-refractivity contribution is -0.119. The third-order valence-electron chi connectivity index (χ3n) is 3.71. The van der Waals surface area contributed by atoms with Crippen LogP contribution in [0, 0.1) is 0 Å². The van der Waals surface area contributed by atoms with Crippen LogP contribution < -0.4 is 15.8 Å². The minimum absolute atomic E-state index is 0.0212. The van der Waals surface area contributed by atoms with Crippen molar-refractivity contribution in [3.05, 3.63) is 48.0 Å². The molecule has 25 heavy (non-hydrogen) atoms. The summed E-state index contributed by atoms with van der Waals surface area (Å²) in [5.74, 6) is 1.11. The van der Waals surface area contributed by atoms with Gasteiger partial charge in [0.15, 0.2) is 4.34 Å². The van der Waals surface area contributed by atoms with Crippen molar-refractivity contribution >= 4 is 44.9 Å². The van der Waals surface area contributed by atoms with Crippen molar-refractivity contribution in [2.24, 2.45) is 0 Å². The first-order valence-electron chi connectivity index (χ1n) is 7.77. The maximum Gasteiger partial charge on any atom is 0.230 e. The molecule has 130 valence electrons. The van der Waals surface area contributed by atoms with E-state index in [1.54, 1.807) is 18.4 Å². The van der Waals surface area contributed by atoms with Crippen LogP contribution in [0.3, 0.4) is 0 Å². The van der Waals surface area contributed by atoms with Crippen LogP contribution in [0.15, 0.2) is 46.8 Å². The highest BCUT2D eigenvalue weighted by Crippen LogP contribution is 2.30. The van der Waals surface area contributed by atoms with Crippen molar-refractivity contribution < 1.29 is 9.53 Å². The topological polar surface area (TPSA) is 77.2 Å². The highest BCUT2D eigenvalue weighted by atomic mass is 32.2. The number of hydrogen-bond donors (Lipinski definition) is 2. The fourth-order valence-corrected chi connectivity index (χ4v) is 4.23. The molecule has 0 aliphatic rings. The van der Waals surface area contributed by atoms with Gasteiger partial charge in [0.25, 0.3) is 0 Å². The molecule has 3 N–H and O–H groups in total. The van der Waals surface area contributed by atoms with E-state index in [4.69, 9.17) is 10.5 Å². The molecule has 1 aromatic heterocycles. The Morgan fingerprint density at radius 2 is 2.08 bits per heavy atom. The number of nitrogens with zero attached hydrogens (tertiary/aromatic N) is 1. The molecule has 1 amide bonds. The molecule has 3 aromatic rings. The van der Waals surface area contributed by atoms with Crippen molar-refractivity contribution in [3.63, 3.8) is 0 Å². The van der Waals surface area contributed by atoms with Gasteiger partial charge in [0, 0.05) is 5.69 Å². The molecular weight excluding hydrogens is 354 g/mol. The predicted octanol–water partition coefficient (Wildman–Crippen LogP) is 3.86. The number of carbonyl (C=O) groups excluding carboxylic acids is 1. The number of anilines is 1. The van der Waals surface area contributed by atoms with Crippen LogP contribution in [-0.4, -0.2) is 23.8 Å². The van der Waals surface area contributed by atoms with Gasteiger partial charge in [-0.3, -0.25) is 4.79 Å². The van der Waals surface area contributed by atoms with E-state index in [-0.39, 0.29) is 11.9 Å². The van der Waals surface area contributed by atoms with Crippen molar-refractivity contribution in [3.8, 4) is 5.75 Å². The van der Waals surface area contributed by atoms with Gasteiger partial charge in [-0.1, -0.05) is 23.9 Å². The molecule has 0 aliphatic heterocycles. The third kappa shape index (κ3) is 4.43. The van der Waals surface area contributed by atoms with Crippen molar-refractivity contribution in [2.45, 2.75) is 17.3 Å². The van der Waals surface area contributed by atoms with Crippen LogP contribution in [0.2, 0.25) is 0 Å². The smallest absolute Gasteiger partial charge is 0.230 e. The quantitative estimate of drug-likeness (QED) is 0.507. The summed E-state index contributed by atoms with van der Waals surface area (Å²) in [6.07, 6.45) is 0. The van der Waals surface area contributed by atoms with Crippen LogP contribution in [0.1, 0.15) is 18.5 Å². The number of aromatic nitrogens is 1. The Morgan fingerprint density at radius 1 is 1.32 bits per heavy atom. The molecule has 7 heteroatoms. The Morgan fingerprint density at radius 3 is 2.80 bits per heavy atom. The fraction of sp³-hybridized carbons (Fsp3) is 0.222. The van der Waals surface area contributed by atoms with Gasteiger partial charge in [0.2, 0.25) is 5.91 Å². The lowest BCUT2D eigenvalue weighted by Gasteiger charge is -2.14. The first-order chi connectivity index (χ1) is 12.0. The average molecular weight is 374 g/mol. The molecule has 0 bridgehead atoms. The number of methoxy groups -OCH3 is 1. The Hall–Kier alpha value is -2.25. The average Bonchev–Trinajstić information content (AvgIpc) is 3.02. The molecule has 3 rings (SSSR count). The fourth-order valence-electron chi connectivity index (χ4n) is 2.37. The number of benzene rings is 2. The summed E-state index contributed by atoms with van der Waals surface area (Å²) in [6.45, 7) is 1.96. The number of ether oxygens (including phenoxy) is 1. The normalized spacial score (nSPS) is 12.1. The summed E-state index contributed by atoms with van der Waals surface area (Å²) >= 11 is 3.01. The first-order valence-corrected chi connectivity index (χ1v) is 9.57. The van der Waals surface area contributed by atoms with E-state index in [0.717, 1.165) is 25.9 Å². The van der Waals surface area contributed by atoms with Gasteiger partial charge >= 0.3 is 0 Å². The van der Waals surface area contributed by atoms with Gasteiger partial charge in [-0.2, -0.15) is 0 Å². The van der Waals surface area contributed by atoms with Crippen molar-refractivity contribution in [1.29, 1.82) is 0 Å². The summed E-state index contributed by atoms with van der Waals surface area (Å²) in [5.41, 5.74) is 8.38. The third-order valence-corrected chi connectivity index (χ3v) is 5.89. The van der Waals surface area contributed by atoms with Crippen LogP contribution in [-0.2, 0) is 4.79 Å². The summed E-state index contributed by atoms with van der Waals surface area (Å²) < 4.78 is 7.09. The second-order valence-corrected chi connectivity index (χ2v) is 7.81. The maximum absolute atomic E-state index is 12.2. The van der Waals surface area contributed by atoms with Crippen LogP contribution >= 0.6 is 23.1 Å². The molecule has 0 radical (unpaired) electrons. The number of rotatable bonds is 6. The Balaban J connectivity index is 1.55. The lowest BCUT2D eigenvalue weighted by Crippen LogP contribution is -2.28. The minimum Gasteiger partial charge on any atom is -0.497 e. The Kier molecular flexibility index (Phi) is 5.45. The molecule has 1 heterocycles. The molecule has 5 nitrogen and oxygen atoms in total. The Labute approximate surface area is 154 Å². The summed E-state index contributed by atoms with van der Waals surface area (Å²) in [7, 11) is 1.63. The summed E-state index contributed by atoms with van der Waals surface area (Å²) in [4.78, 5) is 16.7. The highest BCUT2D eigenvalue weighted by Gasteiger charge is 2.12. The van der Waals surface area contributed by atoms with Crippen LogP contribution in [0.5, 0.6) is 5.75 Å². The number of fused-ring (bicyclic) bond motifs is 1. The largest absolute Gasteiger partial charge is 0.497 e.